The van der Waals surface area contributed by atoms with Gasteiger partial charge in [0.15, 0.2) is 0 Å². The molecule has 0 saturated carbocycles. The van der Waals surface area contributed by atoms with Crippen molar-refractivity contribution in [3.8, 4) is 16.9 Å². The molecule has 2 aromatic heterocycles. The molecule has 0 radical (unpaired) electrons. The van der Waals surface area contributed by atoms with Crippen LogP contribution in [0.5, 0.6) is 0 Å². The van der Waals surface area contributed by atoms with Crippen molar-refractivity contribution in [2.75, 3.05) is 26.7 Å². The smallest absolute Gasteiger partial charge is 0.254 e. The lowest BCUT2D eigenvalue weighted by atomic mass is 9.80. The lowest BCUT2D eigenvalue weighted by molar-refractivity contribution is 0.108. The van der Waals surface area contributed by atoms with Crippen LogP contribution in [0.2, 0.25) is 5.02 Å². The van der Waals surface area contributed by atoms with Gasteiger partial charge in [0.1, 0.15) is 0 Å². The Morgan fingerprint density at radius 1 is 1.08 bits per heavy atom. The lowest BCUT2D eigenvalue weighted by Gasteiger charge is -2.42. The molecule has 4 unspecified atom stereocenters. The molecule has 6 rings (SSSR count). The number of nitrogens with one attached hydrogen (secondary N) is 3. The Morgan fingerprint density at radius 2 is 1.97 bits per heavy atom. The Kier molecular flexibility index (Phi) is 7.82. The second-order valence-electron chi connectivity index (χ2n) is 11.5. The van der Waals surface area contributed by atoms with E-state index < -0.39 is 0 Å². The average Bonchev–Trinajstić information content (AvgIpc) is 3.60. The predicted octanol–water partition coefficient (Wildman–Crippen LogP) is 2.65. The van der Waals surface area contributed by atoms with E-state index in [1.807, 2.05) is 16.7 Å². The van der Waals surface area contributed by atoms with Crippen LogP contribution in [0.1, 0.15) is 45.1 Å². The van der Waals surface area contributed by atoms with Gasteiger partial charge in [-0.25, -0.2) is 14.7 Å². The zero-order valence-corrected chi connectivity index (χ0v) is 23.4. The quantitative estimate of drug-likeness (QED) is 0.456. The number of aromatic nitrogens is 5. The van der Waals surface area contributed by atoms with Crippen molar-refractivity contribution >= 4 is 11.6 Å². The van der Waals surface area contributed by atoms with E-state index >= 15 is 0 Å². The second-order valence-corrected chi connectivity index (χ2v) is 11.9. The fourth-order valence-corrected chi connectivity index (χ4v) is 7.05. The molecule has 3 aliphatic rings. The van der Waals surface area contributed by atoms with Crippen LogP contribution in [-0.4, -0.2) is 74.4 Å². The van der Waals surface area contributed by atoms with Crippen LogP contribution in [0.4, 0.5) is 0 Å². The first-order valence-corrected chi connectivity index (χ1v) is 14.5. The fraction of sp³-hybridized carbons (Fsp3) is 0.571. The van der Waals surface area contributed by atoms with Gasteiger partial charge in [-0.3, -0.25) is 14.8 Å². The minimum atomic E-state index is -0.0437. The van der Waals surface area contributed by atoms with Crippen molar-refractivity contribution in [2.45, 2.75) is 63.2 Å². The van der Waals surface area contributed by atoms with Crippen LogP contribution in [0.15, 0.2) is 47.8 Å². The molecule has 10 nitrogen and oxygen atoms in total. The summed E-state index contributed by atoms with van der Waals surface area (Å²) in [6, 6.07) is 8.29. The second kappa shape index (κ2) is 11.5. The third-order valence-corrected chi connectivity index (χ3v) is 9.10. The van der Waals surface area contributed by atoms with Gasteiger partial charge in [0, 0.05) is 48.4 Å². The number of hydrogen-bond donors (Lipinski definition) is 3. The lowest BCUT2D eigenvalue weighted by Crippen LogP contribution is -2.54. The SMILES string of the molecule is C[C@@H]1CCC[C@H](n2cnc(-c3cc(Cl)ccc3-n3ccnn3)cc2=O)C2CC(CCN2)C2C(CNN2C)NC1. The maximum Gasteiger partial charge on any atom is 0.254 e. The van der Waals surface area contributed by atoms with E-state index in [4.69, 9.17) is 16.6 Å². The van der Waals surface area contributed by atoms with E-state index in [0.717, 1.165) is 63.0 Å². The average molecular weight is 552 g/mol. The Morgan fingerprint density at radius 3 is 2.79 bits per heavy atom. The van der Waals surface area contributed by atoms with Gasteiger partial charge in [0.2, 0.25) is 0 Å². The summed E-state index contributed by atoms with van der Waals surface area (Å²) in [6.45, 7) is 5.29. The molecule has 3 fully saturated rings. The highest BCUT2D eigenvalue weighted by Crippen LogP contribution is 2.34. The Bertz CT molecular complexity index is 1330. The minimum Gasteiger partial charge on any atom is -0.312 e. The number of nitrogens with zero attached hydrogens (tertiary/aromatic N) is 6. The molecule has 11 heteroatoms. The number of benzene rings is 1. The van der Waals surface area contributed by atoms with Crippen LogP contribution < -0.4 is 21.6 Å². The van der Waals surface area contributed by atoms with Gasteiger partial charge in [-0.1, -0.05) is 30.2 Å². The summed E-state index contributed by atoms with van der Waals surface area (Å²) in [5.41, 5.74) is 5.62. The van der Waals surface area contributed by atoms with Gasteiger partial charge in [0.05, 0.1) is 36.1 Å². The fourth-order valence-electron chi connectivity index (χ4n) is 6.88. The maximum absolute atomic E-state index is 13.7. The molecule has 0 aliphatic carbocycles. The number of piperidine rings is 1. The molecule has 3 aliphatic heterocycles. The summed E-state index contributed by atoms with van der Waals surface area (Å²) >= 11 is 6.35. The van der Waals surface area contributed by atoms with Crippen molar-refractivity contribution in [1.82, 2.24) is 45.6 Å². The summed E-state index contributed by atoms with van der Waals surface area (Å²) in [5.74, 6) is 1.13. The van der Waals surface area contributed by atoms with E-state index in [2.05, 4.69) is 45.4 Å². The zero-order chi connectivity index (χ0) is 26.9. The summed E-state index contributed by atoms with van der Waals surface area (Å²) in [5, 5.41) is 18.6. The highest BCUT2D eigenvalue weighted by molar-refractivity contribution is 6.31. The standard InChI is InChI=1S/C28H38ClN9O/c1-18-4-3-5-26(23-12-19(8-9-30-23)28-24(31-15-18)16-34-36(28)2)37-17-32-22(14-27(37)39)21-13-20(29)6-7-25(21)38-11-10-33-35-38/h6-7,10-11,13-14,17-19,23-24,26,28,30-31,34H,3-5,8-9,12,15-16H2,1-2H3/t18-,19?,23?,24?,26+,28?/m1/s1. The molecule has 6 atom stereocenters. The van der Waals surface area contributed by atoms with Gasteiger partial charge in [0.25, 0.3) is 5.56 Å². The summed E-state index contributed by atoms with van der Waals surface area (Å²) in [4.78, 5) is 18.5. The van der Waals surface area contributed by atoms with E-state index in [9.17, 15) is 4.79 Å². The molecule has 0 amide bonds. The Labute approximate surface area is 234 Å². The topological polar surface area (TPSA) is 105 Å². The normalized spacial score (nSPS) is 30.3. The van der Waals surface area contributed by atoms with E-state index in [1.165, 1.54) is 0 Å². The van der Waals surface area contributed by atoms with Gasteiger partial charge in [-0.05, 0) is 68.8 Å². The zero-order valence-electron chi connectivity index (χ0n) is 22.6. The summed E-state index contributed by atoms with van der Waals surface area (Å²) in [6.07, 6.45) is 10.4. The largest absolute Gasteiger partial charge is 0.312 e. The monoisotopic (exact) mass is 551 g/mol. The van der Waals surface area contributed by atoms with Crippen LogP contribution in [0.3, 0.4) is 0 Å². The number of fused-ring (bicyclic) bond motifs is 4. The van der Waals surface area contributed by atoms with Crippen LogP contribution >= 0.6 is 11.6 Å². The molecule has 5 heterocycles. The van der Waals surface area contributed by atoms with E-state index in [1.54, 1.807) is 35.5 Å². The first kappa shape index (κ1) is 26.6. The number of hydrazine groups is 1. The van der Waals surface area contributed by atoms with Crippen LogP contribution in [0, 0.1) is 11.8 Å². The Hall–Kier alpha value is -2.63. The molecule has 2 bridgehead atoms. The first-order chi connectivity index (χ1) is 19.0. The number of rotatable bonds is 3. The number of likely N-dealkylation sites (N-methyl/N-ethyl adjacent to an activating group) is 1. The van der Waals surface area contributed by atoms with E-state index in [0.29, 0.717) is 34.6 Å². The summed E-state index contributed by atoms with van der Waals surface area (Å²) < 4.78 is 3.53. The third-order valence-electron chi connectivity index (χ3n) is 8.87. The molecule has 3 aromatic rings. The molecule has 3 saturated heterocycles. The molecule has 1 aromatic carbocycles. The molecule has 208 valence electrons. The first-order valence-electron chi connectivity index (χ1n) is 14.2. The number of halogens is 1. The van der Waals surface area contributed by atoms with Crippen molar-refractivity contribution in [1.29, 1.82) is 0 Å². The molecule has 3 N–H and O–H groups in total. The van der Waals surface area contributed by atoms with Crippen LogP contribution in [-0.2, 0) is 0 Å². The van der Waals surface area contributed by atoms with Crippen LogP contribution in [0.25, 0.3) is 16.9 Å². The molecular formula is C28H38ClN9O. The van der Waals surface area contributed by atoms with Gasteiger partial charge >= 0.3 is 0 Å². The highest BCUT2D eigenvalue weighted by atomic mass is 35.5. The molecule has 39 heavy (non-hydrogen) atoms. The maximum atomic E-state index is 13.7. The Balaban J connectivity index is 1.33. The third kappa shape index (κ3) is 5.53. The molecular weight excluding hydrogens is 514 g/mol. The number of hydrogen-bond acceptors (Lipinski definition) is 8. The molecule has 0 spiro atoms. The predicted molar refractivity (Wildman–Crippen MR) is 152 cm³/mol. The van der Waals surface area contributed by atoms with Crippen molar-refractivity contribution in [3.05, 3.63) is 58.4 Å². The van der Waals surface area contributed by atoms with Gasteiger partial charge in [-0.2, -0.15) is 0 Å². The van der Waals surface area contributed by atoms with Crippen molar-refractivity contribution in [2.24, 2.45) is 11.8 Å². The van der Waals surface area contributed by atoms with Crippen molar-refractivity contribution < 1.29 is 0 Å². The highest BCUT2D eigenvalue weighted by Gasteiger charge is 2.41. The van der Waals surface area contributed by atoms with E-state index in [-0.39, 0.29) is 17.6 Å². The van der Waals surface area contributed by atoms with Gasteiger partial charge < -0.3 is 10.6 Å². The van der Waals surface area contributed by atoms with Crippen molar-refractivity contribution in [3.63, 3.8) is 0 Å². The van der Waals surface area contributed by atoms with Gasteiger partial charge in [-0.15, -0.1) is 5.10 Å². The summed E-state index contributed by atoms with van der Waals surface area (Å²) in [7, 11) is 2.17. The minimum absolute atomic E-state index is 0.0437.